The fourth-order valence-corrected chi connectivity index (χ4v) is 2.06. The van der Waals surface area contributed by atoms with E-state index in [4.69, 9.17) is 4.74 Å². The summed E-state index contributed by atoms with van der Waals surface area (Å²) in [5, 5.41) is 11.8. The van der Waals surface area contributed by atoms with Gasteiger partial charge in [-0.15, -0.1) is 0 Å². The van der Waals surface area contributed by atoms with Gasteiger partial charge in [-0.2, -0.15) is 0 Å². The topological polar surface area (TPSA) is 75.6 Å². The lowest BCUT2D eigenvalue weighted by Crippen LogP contribution is -2.50. The van der Waals surface area contributed by atoms with E-state index in [1.165, 1.54) is 7.11 Å². The number of carboxylic acid groups (broad SMARTS) is 1. The van der Waals surface area contributed by atoms with Gasteiger partial charge in [-0.05, 0) is 18.9 Å². The molecule has 0 spiro atoms. The summed E-state index contributed by atoms with van der Waals surface area (Å²) in [4.78, 5) is 23.7. The molecule has 0 radical (unpaired) electrons. The van der Waals surface area contributed by atoms with Crippen LogP contribution in [0, 0.1) is 0 Å². The highest BCUT2D eigenvalue weighted by molar-refractivity contribution is 5.89. The van der Waals surface area contributed by atoms with Gasteiger partial charge < -0.3 is 15.2 Å². The molecule has 0 aliphatic rings. The third-order valence-corrected chi connectivity index (χ3v) is 3.62. The number of nitrogens with one attached hydrogen (secondary N) is 1. The monoisotopic (exact) mass is 293 g/mol. The summed E-state index contributed by atoms with van der Waals surface area (Å²) in [5.74, 6) is -1.47. The van der Waals surface area contributed by atoms with Crippen LogP contribution in [-0.4, -0.2) is 30.1 Å². The van der Waals surface area contributed by atoms with Gasteiger partial charge >= 0.3 is 5.97 Å². The fourth-order valence-electron chi connectivity index (χ4n) is 2.06. The van der Waals surface area contributed by atoms with E-state index in [0.29, 0.717) is 12.0 Å². The van der Waals surface area contributed by atoms with E-state index in [2.05, 4.69) is 5.32 Å². The van der Waals surface area contributed by atoms with Crippen LogP contribution in [0.4, 0.5) is 0 Å². The number of hydrogen-bond donors (Lipinski definition) is 2. The van der Waals surface area contributed by atoms with Gasteiger partial charge in [-0.25, -0.2) is 4.79 Å². The first-order valence-corrected chi connectivity index (χ1v) is 7.10. The molecule has 5 heteroatoms. The highest BCUT2D eigenvalue weighted by Gasteiger charge is 2.37. The molecule has 116 valence electrons. The van der Waals surface area contributed by atoms with E-state index < -0.39 is 23.5 Å². The summed E-state index contributed by atoms with van der Waals surface area (Å²) in [6, 6.07) is 8.14. The number of rotatable bonds is 8. The smallest absolute Gasteiger partial charge is 0.326 e. The van der Waals surface area contributed by atoms with Gasteiger partial charge in [0.05, 0.1) is 0 Å². The quantitative estimate of drug-likeness (QED) is 0.771. The Morgan fingerprint density at radius 1 is 1.33 bits per heavy atom. The second-order valence-electron chi connectivity index (χ2n) is 5.11. The first-order valence-electron chi connectivity index (χ1n) is 7.10. The molecule has 21 heavy (non-hydrogen) atoms. The van der Waals surface area contributed by atoms with Crippen molar-refractivity contribution in [2.75, 3.05) is 7.11 Å². The fraction of sp³-hybridized carbons (Fsp3) is 0.500. The Morgan fingerprint density at radius 3 is 2.43 bits per heavy atom. The molecule has 0 aliphatic heterocycles. The van der Waals surface area contributed by atoms with Gasteiger partial charge in [0.15, 0.2) is 5.60 Å². The van der Waals surface area contributed by atoms with Crippen molar-refractivity contribution in [1.29, 1.82) is 0 Å². The van der Waals surface area contributed by atoms with Crippen molar-refractivity contribution in [2.45, 2.75) is 44.8 Å². The zero-order valence-electron chi connectivity index (χ0n) is 12.8. The van der Waals surface area contributed by atoms with Crippen LogP contribution in [0.25, 0.3) is 0 Å². The number of hydrogen-bond acceptors (Lipinski definition) is 3. The zero-order valence-corrected chi connectivity index (χ0v) is 12.8. The first kappa shape index (κ1) is 17.2. The molecule has 0 bridgehead atoms. The van der Waals surface area contributed by atoms with Crippen molar-refractivity contribution in [3.8, 4) is 0 Å². The SMILES string of the molecule is CCCCC(NC(=O)C(C)(OC)c1ccccc1)C(=O)O. The number of amides is 1. The number of methoxy groups -OCH3 is 1. The molecule has 1 aromatic carbocycles. The molecule has 2 N–H and O–H groups in total. The molecule has 2 unspecified atom stereocenters. The number of carbonyl (C=O) groups excluding carboxylic acids is 1. The molecular weight excluding hydrogens is 270 g/mol. The Labute approximate surface area is 125 Å². The molecular formula is C16H23NO4. The van der Waals surface area contributed by atoms with Crippen LogP contribution in [0.15, 0.2) is 30.3 Å². The maximum atomic E-state index is 12.5. The number of benzene rings is 1. The molecule has 0 aromatic heterocycles. The van der Waals surface area contributed by atoms with Gasteiger partial charge in [-0.1, -0.05) is 50.1 Å². The first-order chi connectivity index (χ1) is 9.95. The summed E-state index contributed by atoms with van der Waals surface area (Å²) < 4.78 is 5.37. The predicted molar refractivity (Wildman–Crippen MR) is 79.9 cm³/mol. The molecule has 0 saturated heterocycles. The van der Waals surface area contributed by atoms with Gasteiger partial charge in [0.1, 0.15) is 6.04 Å². The van der Waals surface area contributed by atoms with Gasteiger partial charge in [-0.3, -0.25) is 4.79 Å². The maximum absolute atomic E-state index is 12.5. The molecule has 0 fully saturated rings. The van der Waals surface area contributed by atoms with E-state index in [1.807, 2.05) is 25.1 Å². The van der Waals surface area contributed by atoms with E-state index in [-0.39, 0.29) is 0 Å². The summed E-state index contributed by atoms with van der Waals surface area (Å²) in [6.45, 7) is 3.61. The summed E-state index contributed by atoms with van der Waals surface area (Å²) in [7, 11) is 1.44. The number of unbranched alkanes of at least 4 members (excludes halogenated alkanes) is 1. The number of ether oxygens (including phenoxy) is 1. The van der Waals surface area contributed by atoms with Crippen molar-refractivity contribution in [1.82, 2.24) is 5.32 Å². The van der Waals surface area contributed by atoms with Crippen molar-refractivity contribution >= 4 is 11.9 Å². The van der Waals surface area contributed by atoms with Gasteiger partial charge in [0.25, 0.3) is 5.91 Å². The predicted octanol–water partition coefficient (Wildman–Crippen LogP) is 2.31. The van der Waals surface area contributed by atoms with E-state index in [0.717, 1.165) is 12.8 Å². The zero-order chi connectivity index (χ0) is 15.9. The second-order valence-corrected chi connectivity index (χ2v) is 5.11. The molecule has 1 rings (SSSR count). The van der Waals surface area contributed by atoms with Crippen LogP contribution in [0.5, 0.6) is 0 Å². The lowest BCUT2D eigenvalue weighted by molar-refractivity contribution is -0.149. The normalized spacial score (nSPS) is 15.0. The lowest BCUT2D eigenvalue weighted by atomic mass is 9.94. The third kappa shape index (κ3) is 4.29. The molecule has 1 aromatic rings. The summed E-state index contributed by atoms with van der Waals surface area (Å²) in [5.41, 5.74) is -0.522. The number of aliphatic carboxylic acids is 1. The van der Waals surface area contributed by atoms with Crippen molar-refractivity contribution in [3.05, 3.63) is 35.9 Å². The Kier molecular flexibility index (Phi) is 6.37. The maximum Gasteiger partial charge on any atom is 0.326 e. The van der Waals surface area contributed by atoms with Crippen LogP contribution in [0.2, 0.25) is 0 Å². The van der Waals surface area contributed by atoms with Crippen LogP contribution < -0.4 is 5.32 Å². The average molecular weight is 293 g/mol. The minimum absolute atomic E-state index is 0.409. The lowest BCUT2D eigenvalue weighted by Gasteiger charge is -2.29. The highest BCUT2D eigenvalue weighted by Crippen LogP contribution is 2.25. The average Bonchev–Trinajstić information content (AvgIpc) is 2.50. The second kappa shape index (κ2) is 7.78. The Bertz CT molecular complexity index is 474. The number of carboxylic acids is 1. The number of carbonyl (C=O) groups is 2. The van der Waals surface area contributed by atoms with E-state index >= 15 is 0 Å². The Hall–Kier alpha value is -1.88. The molecule has 2 atom stereocenters. The largest absolute Gasteiger partial charge is 0.480 e. The summed E-state index contributed by atoms with van der Waals surface area (Å²) in [6.07, 6.45) is 2.03. The van der Waals surface area contributed by atoms with Crippen molar-refractivity contribution in [2.24, 2.45) is 0 Å². The Balaban J connectivity index is 2.90. The van der Waals surface area contributed by atoms with Crippen LogP contribution in [-0.2, 0) is 19.9 Å². The van der Waals surface area contributed by atoms with Crippen LogP contribution in [0.1, 0.15) is 38.7 Å². The van der Waals surface area contributed by atoms with Crippen molar-refractivity contribution in [3.63, 3.8) is 0 Å². The van der Waals surface area contributed by atoms with Gasteiger partial charge in [0, 0.05) is 7.11 Å². The van der Waals surface area contributed by atoms with E-state index in [1.54, 1.807) is 19.1 Å². The molecule has 1 amide bonds. The minimum Gasteiger partial charge on any atom is -0.480 e. The van der Waals surface area contributed by atoms with Crippen molar-refractivity contribution < 1.29 is 19.4 Å². The Morgan fingerprint density at radius 2 is 1.95 bits per heavy atom. The van der Waals surface area contributed by atoms with Gasteiger partial charge in [0.2, 0.25) is 0 Å². The third-order valence-electron chi connectivity index (χ3n) is 3.62. The molecule has 5 nitrogen and oxygen atoms in total. The van der Waals surface area contributed by atoms with Crippen LogP contribution in [0.3, 0.4) is 0 Å². The molecule has 0 heterocycles. The molecule has 0 aliphatic carbocycles. The van der Waals surface area contributed by atoms with Crippen LogP contribution >= 0.6 is 0 Å². The molecule has 0 saturated carbocycles. The minimum atomic E-state index is -1.21. The standard InChI is InChI=1S/C16H23NO4/c1-4-5-11-13(14(18)19)17-15(20)16(2,21-3)12-9-7-6-8-10-12/h6-10,13H,4-5,11H2,1-3H3,(H,17,20)(H,18,19). The summed E-state index contributed by atoms with van der Waals surface area (Å²) >= 11 is 0. The van der Waals surface area contributed by atoms with E-state index in [9.17, 15) is 14.7 Å². The highest BCUT2D eigenvalue weighted by atomic mass is 16.5.